The molecule has 0 fully saturated rings. The van der Waals surface area contributed by atoms with Crippen LogP contribution in [-0.2, 0) is 42.8 Å². The molecule has 11 heteroatoms. The normalized spacial score (nSPS) is 11.4. The zero-order valence-corrected chi connectivity index (χ0v) is 20.2. The van der Waals surface area contributed by atoms with Crippen LogP contribution < -0.4 is 5.32 Å². The summed E-state index contributed by atoms with van der Waals surface area (Å²) in [5.41, 5.74) is -0.478. The van der Waals surface area contributed by atoms with E-state index in [1.165, 1.54) is 0 Å². The van der Waals surface area contributed by atoms with Crippen molar-refractivity contribution in [3.05, 3.63) is 0 Å². The Bertz CT molecular complexity index is 522. The molecule has 0 spiro atoms. The fourth-order valence-corrected chi connectivity index (χ4v) is 2.24. The van der Waals surface area contributed by atoms with E-state index in [0.29, 0.717) is 79.0 Å². The van der Waals surface area contributed by atoms with Gasteiger partial charge in [0.1, 0.15) is 5.60 Å². The number of nitrogens with one attached hydrogen (secondary N) is 1. The maximum absolute atomic E-state index is 11.5. The fraction of sp³-hybridized carbons (Fsp3) is 0.864. The summed E-state index contributed by atoms with van der Waals surface area (Å²) in [5.74, 6) is -1.53. The molecule has 0 saturated carbocycles. The third-order valence-corrected chi connectivity index (χ3v) is 3.71. The van der Waals surface area contributed by atoms with Gasteiger partial charge in [0, 0.05) is 19.6 Å². The average Bonchev–Trinajstić information content (AvgIpc) is 2.72. The van der Waals surface area contributed by atoms with Crippen molar-refractivity contribution in [2.75, 3.05) is 72.6 Å². The maximum Gasteiger partial charge on any atom is 0.308 e. The number of hydrogen-bond donors (Lipinski definition) is 2. The van der Waals surface area contributed by atoms with Crippen molar-refractivity contribution in [2.24, 2.45) is 0 Å². The van der Waals surface area contributed by atoms with Crippen LogP contribution in [0.2, 0.25) is 0 Å². The lowest BCUT2D eigenvalue weighted by atomic mass is 10.2. The highest BCUT2D eigenvalue weighted by molar-refractivity contribution is 5.80. The first kappa shape index (κ1) is 31.2. The van der Waals surface area contributed by atoms with Crippen molar-refractivity contribution in [2.45, 2.75) is 52.1 Å². The summed E-state index contributed by atoms with van der Waals surface area (Å²) in [5, 5.41) is 11.1. The summed E-state index contributed by atoms with van der Waals surface area (Å²) in [7, 11) is 0. The highest BCUT2D eigenvalue weighted by Gasteiger charge is 2.15. The SMILES string of the molecule is CC(C)(C)OC(=O)CCOCCOCCOCCOCCOCCCNC(=O)CCC(=O)O. The molecule has 0 atom stereocenters. The standard InChI is InChI=1S/C22H41NO10/c1-22(2,3)33-21(27)7-10-29-12-14-31-16-18-32-17-15-30-13-11-28-9-4-8-23-19(24)5-6-20(25)26/h4-18H2,1-3H3,(H,23,24)(H,25,26). The van der Waals surface area contributed by atoms with Crippen molar-refractivity contribution in [3.8, 4) is 0 Å². The van der Waals surface area contributed by atoms with Gasteiger partial charge in [0.05, 0.1) is 72.3 Å². The molecule has 0 heterocycles. The molecule has 11 nitrogen and oxygen atoms in total. The topological polar surface area (TPSA) is 139 Å². The number of aliphatic carboxylic acids is 1. The molecule has 0 aromatic rings. The van der Waals surface area contributed by atoms with Gasteiger partial charge in [-0.25, -0.2) is 0 Å². The van der Waals surface area contributed by atoms with Crippen LogP contribution in [0, 0.1) is 0 Å². The summed E-state index contributed by atoms with van der Waals surface area (Å²) < 4.78 is 32.0. The van der Waals surface area contributed by atoms with Crippen LogP contribution in [-0.4, -0.2) is 101 Å². The minimum atomic E-state index is -0.984. The van der Waals surface area contributed by atoms with Crippen molar-refractivity contribution in [1.82, 2.24) is 5.32 Å². The van der Waals surface area contributed by atoms with Gasteiger partial charge in [-0.1, -0.05) is 0 Å². The van der Waals surface area contributed by atoms with Crippen LogP contribution in [0.3, 0.4) is 0 Å². The summed E-state index contributed by atoms with van der Waals surface area (Å²) in [6.07, 6.45) is 0.699. The molecule has 0 aromatic heterocycles. The van der Waals surface area contributed by atoms with E-state index in [9.17, 15) is 14.4 Å². The van der Waals surface area contributed by atoms with Crippen LogP contribution in [0.4, 0.5) is 0 Å². The van der Waals surface area contributed by atoms with Gasteiger partial charge in [0.2, 0.25) is 5.91 Å². The zero-order chi connectivity index (χ0) is 24.8. The van der Waals surface area contributed by atoms with Gasteiger partial charge in [0.25, 0.3) is 0 Å². The molecule has 194 valence electrons. The van der Waals surface area contributed by atoms with E-state index >= 15 is 0 Å². The molecule has 0 aliphatic carbocycles. The molecule has 0 bridgehead atoms. The number of ether oxygens (including phenoxy) is 6. The molecule has 0 rings (SSSR count). The van der Waals surface area contributed by atoms with E-state index in [4.69, 9.17) is 33.5 Å². The zero-order valence-electron chi connectivity index (χ0n) is 20.2. The van der Waals surface area contributed by atoms with Crippen molar-refractivity contribution >= 4 is 17.8 Å². The monoisotopic (exact) mass is 479 g/mol. The minimum absolute atomic E-state index is 0.00990. The van der Waals surface area contributed by atoms with Crippen LogP contribution in [0.15, 0.2) is 0 Å². The highest BCUT2D eigenvalue weighted by Crippen LogP contribution is 2.08. The molecule has 0 aliphatic heterocycles. The number of hydrogen-bond acceptors (Lipinski definition) is 9. The predicted octanol–water partition coefficient (Wildman–Crippen LogP) is 1.17. The summed E-state index contributed by atoms with van der Waals surface area (Å²) in [4.78, 5) is 33.1. The lowest BCUT2D eigenvalue weighted by Crippen LogP contribution is -2.25. The van der Waals surface area contributed by atoms with Crippen molar-refractivity contribution < 1.29 is 47.9 Å². The fourth-order valence-electron chi connectivity index (χ4n) is 2.24. The Morgan fingerprint density at radius 2 is 1.12 bits per heavy atom. The molecule has 33 heavy (non-hydrogen) atoms. The second kappa shape index (κ2) is 20.8. The molecular formula is C22H41NO10. The summed E-state index contributed by atoms with van der Waals surface area (Å²) >= 11 is 0. The highest BCUT2D eigenvalue weighted by atomic mass is 16.6. The Morgan fingerprint density at radius 1 is 0.667 bits per heavy atom. The quantitative estimate of drug-likeness (QED) is 0.172. The lowest BCUT2D eigenvalue weighted by Gasteiger charge is -2.19. The number of carbonyl (C=O) groups excluding carboxylic acids is 2. The van der Waals surface area contributed by atoms with E-state index in [1.54, 1.807) is 0 Å². The Morgan fingerprint density at radius 3 is 1.58 bits per heavy atom. The lowest BCUT2D eigenvalue weighted by molar-refractivity contribution is -0.156. The second-order valence-corrected chi connectivity index (χ2v) is 8.00. The number of carbonyl (C=O) groups is 3. The number of amides is 1. The smallest absolute Gasteiger partial charge is 0.308 e. The predicted molar refractivity (Wildman–Crippen MR) is 119 cm³/mol. The first-order valence-corrected chi connectivity index (χ1v) is 11.3. The molecule has 0 unspecified atom stereocenters. The summed E-state index contributed by atoms with van der Waals surface area (Å²) in [6, 6.07) is 0. The van der Waals surface area contributed by atoms with Crippen LogP contribution >= 0.6 is 0 Å². The van der Waals surface area contributed by atoms with E-state index in [2.05, 4.69) is 5.32 Å². The largest absolute Gasteiger partial charge is 0.481 e. The van der Waals surface area contributed by atoms with E-state index in [-0.39, 0.29) is 31.1 Å². The Balaban J connectivity index is 3.19. The van der Waals surface area contributed by atoms with Gasteiger partial charge in [-0.3, -0.25) is 14.4 Å². The molecule has 2 N–H and O–H groups in total. The van der Waals surface area contributed by atoms with Gasteiger partial charge in [-0.15, -0.1) is 0 Å². The van der Waals surface area contributed by atoms with Gasteiger partial charge >= 0.3 is 11.9 Å². The molecule has 0 aromatic carbocycles. The van der Waals surface area contributed by atoms with Crippen molar-refractivity contribution in [3.63, 3.8) is 0 Å². The third-order valence-electron chi connectivity index (χ3n) is 3.71. The molecule has 0 aliphatic rings. The van der Waals surface area contributed by atoms with Crippen LogP contribution in [0.5, 0.6) is 0 Å². The number of esters is 1. The Labute approximate surface area is 196 Å². The Hall–Kier alpha value is -1.79. The number of rotatable bonds is 22. The van der Waals surface area contributed by atoms with Gasteiger partial charge in [-0.05, 0) is 27.2 Å². The number of carboxylic acids is 1. The molecule has 0 radical (unpaired) electrons. The molecule has 1 amide bonds. The maximum atomic E-state index is 11.5. The Kier molecular flexibility index (Phi) is 19.7. The number of carboxylic acid groups (broad SMARTS) is 1. The van der Waals surface area contributed by atoms with Gasteiger partial charge < -0.3 is 38.8 Å². The van der Waals surface area contributed by atoms with Crippen LogP contribution in [0.1, 0.15) is 46.5 Å². The van der Waals surface area contributed by atoms with E-state index in [1.807, 2.05) is 20.8 Å². The molecule has 0 saturated heterocycles. The van der Waals surface area contributed by atoms with E-state index < -0.39 is 11.6 Å². The second-order valence-electron chi connectivity index (χ2n) is 8.00. The first-order chi connectivity index (χ1) is 15.7. The average molecular weight is 480 g/mol. The first-order valence-electron chi connectivity index (χ1n) is 11.3. The van der Waals surface area contributed by atoms with Crippen LogP contribution in [0.25, 0.3) is 0 Å². The third kappa shape index (κ3) is 26.3. The summed E-state index contributed by atoms with van der Waals surface area (Å²) in [6.45, 7) is 10.3. The van der Waals surface area contributed by atoms with Gasteiger partial charge in [0.15, 0.2) is 0 Å². The van der Waals surface area contributed by atoms with Gasteiger partial charge in [-0.2, -0.15) is 0 Å². The minimum Gasteiger partial charge on any atom is -0.481 e. The van der Waals surface area contributed by atoms with Crippen molar-refractivity contribution in [1.29, 1.82) is 0 Å². The molecular weight excluding hydrogens is 438 g/mol. The van der Waals surface area contributed by atoms with E-state index in [0.717, 1.165) is 0 Å².